The molecule has 0 atom stereocenters. The molecule has 0 aliphatic heterocycles. The standard InChI is InChI=1S/C15H18INO/c1-5-7-14(18)17(8-6-2)15-12(4)9-11(3)10-13(15)16/h5-7,9-10H,2,8H2,1,3-4H3/b7-5+. The lowest BCUT2D eigenvalue weighted by molar-refractivity contribution is -0.114. The number of halogens is 1. The average molecular weight is 355 g/mol. The molecule has 0 spiro atoms. The van der Waals surface area contributed by atoms with Crippen LogP contribution in [0.15, 0.2) is 36.9 Å². The van der Waals surface area contributed by atoms with Gasteiger partial charge in [-0.15, -0.1) is 6.58 Å². The van der Waals surface area contributed by atoms with Crippen LogP contribution >= 0.6 is 22.6 Å². The molecule has 0 N–H and O–H groups in total. The molecule has 96 valence electrons. The first-order valence-electron chi connectivity index (χ1n) is 5.83. The summed E-state index contributed by atoms with van der Waals surface area (Å²) in [4.78, 5) is 13.9. The Kier molecular flexibility index (Phi) is 5.59. The normalized spacial score (nSPS) is 10.7. The number of carbonyl (C=O) groups excluding carboxylic acids is 1. The lowest BCUT2D eigenvalue weighted by Gasteiger charge is -2.23. The maximum absolute atomic E-state index is 12.1. The quantitative estimate of drug-likeness (QED) is 0.454. The number of allylic oxidation sites excluding steroid dienone is 1. The van der Waals surface area contributed by atoms with Crippen molar-refractivity contribution in [2.75, 3.05) is 11.4 Å². The van der Waals surface area contributed by atoms with Crippen molar-refractivity contribution < 1.29 is 4.79 Å². The van der Waals surface area contributed by atoms with Gasteiger partial charge in [-0.25, -0.2) is 0 Å². The topological polar surface area (TPSA) is 20.3 Å². The summed E-state index contributed by atoms with van der Waals surface area (Å²) in [6, 6.07) is 4.18. The predicted molar refractivity (Wildman–Crippen MR) is 86.0 cm³/mol. The number of aryl methyl sites for hydroxylation is 2. The van der Waals surface area contributed by atoms with Gasteiger partial charge in [-0.2, -0.15) is 0 Å². The molecular weight excluding hydrogens is 337 g/mol. The minimum absolute atomic E-state index is 0.0118. The van der Waals surface area contributed by atoms with Gasteiger partial charge in [0.05, 0.1) is 5.69 Å². The molecule has 0 heterocycles. The van der Waals surface area contributed by atoms with Gasteiger partial charge in [-0.1, -0.05) is 18.2 Å². The molecule has 18 heavy (non-hydrogen) atoms. The van der Waals surface area contributed by atoms with Gasteiger partial charge >= 0.3 is 0 Å². The molecule has 0 aliphatic rings. The maximum Gasteiger partial charge on any atom is 0.250 e. The molecule has 0 bridgehead atoms. The fourth-order valence-corrected chi connectivity index (χ4v) is 3.11. The summed E-state index contributed by atoms with van der Waals surface area (Å²) in [5.74, 6) is -0.0118. The van der Waals surface area contributed by atoms with Crippen LogP contribution in [0.25, 0.3) is 0 Å². The summed E-state index contributed by atoms with van der Waals surface area (Å²) in [6.07, 6.45) is 5.09. The van der Waals surface area contributed by atoms with Gasteiger partial charge in [0.25, 0.3) is 5.91 Å². The molecule has 0 saturated carbocycles. The van der Waals surface area contributed by atoms with Crippen LogP contribution < -0.4 is 4.90 Å². The fraction of sp³-hybridized carbons (Fsp3) is 0.267. The van der Waals surface area contributed by atoms with E-state index in [1.54, 1.807) is 23.1 Å². The van der Waals surface area contributed by atoms with Gasteiger partial charge in [0, 0.05) is 10.1 Å². The average Bonchev–Trinajstić information content (AvgIpc) is 2.26. The van der Waals surface area contributed by atoms with Crippen LogP contribution in [0, 0.1) is 17.4 Å². The van der Waals surface area contributed by atoms with Gasteiger partial charge in [0.15, 0.2) is 0 Å². The SMILES string of the molecule is C=CCN(C(=O)/C=C/C)c1c(C)cc(C)cc1I. The van der Waals surface area contributed by atoms with Crippen molar-refractivity contribution in [3.8, 4) is 0 Å². The van der Waals surface area contributed by atoms with Crippen molar-refractivity contribution in [2.45, 2.75) is 20.8 Å². The lowest BCUT2D eigenvalue weighted by Crippen LogP contribution is -2.30. The summed E-state index contributed by atoms with van der Waals surface area (Å²) < 4.78 is 1.09. The highest BCUT2D eigenvalue weighted by atomic mass is 127. The number of amides is 1. The van der Waals surface area contributed by atoms with Gasteiger partial charge < -0.3 is 4.90 Å². The van der Waals surface area contributed by atoms with Crippen molar-refractivity contribution in [1.82, 2.24) is 0 Å². The number of carbonyl (C=O) groups is 1. The summed E-state index contributed by atoms with van der Waals surface area (Å²) in [7, 11) is 0. The van der Waals surface area contributed by atoms with Crippen LogP contribution in [0.5, 0.6) is 0 Å². The molecule has 0 unspecified atom stereocenters. The van der Waals surface area contributed by atoms with Gasteiger partial charge in [-0.05, 0) is 66.6 Å². The molecule has 0 fully saturated rings. The Hall–Kier alpha value is -1.10. The first-order chi connectivity index (χ1) is 8.51. The number of rotatable bonds is 4. The van der Waals surface area contributed by atoms with Crippen molar-refractivity contribution >= 4 is 34.2 Å². The van der Waals surface area contributed by atoms with Crippen LogP contribution in [0.4, 0.5) is 5.69 Å². The van der Waals surface area contributed by atoms with Gasteiger partial charge in [0.2, 0.25) is 0 Å². The number of hydrogen-bond donors (Lipinski definition) is 0. The Morgan fingerprint density at radius 1 is 1.44 bits per heavy atom. The van der Waals surface area contributed by atoms with E-state index in [1.807, 2.05) is 13.8 Å². The van der Waals surface area contributed by atoms with Crippen molar-refractivity contribution in [2.24, 2.45) is 0 Å². The molecule has 0 radical (unpaired) electrons. The molecule has 0 aromatic heterocycles. The highest BCUT2D eigenvalue weighted by Gasteiger charge is 2.17. The van der Waals surface area contributed by atoms with Crippen molar-refractivity contribution in [3.05, 3.63) is 51.6 Å². The Morgan fingerprint density at radius 3 is 2.61 bits per heavy atom. The second kappa shape index (κ2) is 6.73. The zero-order valence-corrected chi connectivity index (χ0v) is 13.2. The predicted octanol–water partition coefficient (Wildman–Crippen LogP) is 4.00. The molecule has 2 nitrogen and oxygen atoms in total. The molecule has 1 aromatic rings. The minimum Gasteiger partial charge on any atom is -0.304 e. The van der Waals surface area contributed by atoms with E-state index in [1.165, 1.54) is 5.56 Å². The maximum atomic E-state index is 12.1. The highest BCUT2D eigenvalue weighted by Crippen LogP contribution is 2.28. The third-order valence-corrected chi connectivity index (χ3v) is 3.38. The summed E-state index contributed by atoms with van der Waals surface area (Å²) >= 11 is 2.28. The Morgan fingerprint density at radius 2 is 2.11 bits per heavy atom. The zero-order valence-electron chi connectivity index (χ0n) is 11.0. The number of hydrogen-bond acceptors (Lipinski definition) is 1. The molecule has 1 aromatic carbocycles. The number of anilines is 1. The smallest absolute Gasteiger partial charge is 0.250 e. The number of benzene rings is 1. The second-order valence-corrected chi connectivity index (χ2v) is 5.31. The largest absolute Gasteiger partial charge is 0.304 e. The summed E-state index contributed by atoms with van der Waals surface area (Å²) in [6.45, 7) is 10.2. The van der Waals surface area contributed by atoms with Crippen LogP contribution in [-0.2, 0) is 4.79 Å². The lowest BCUT2D eigenvalue weighted by atomic mass is 10.1. The van der Waals surface area contributed by atoms with Gasteiger partial charge in [-0.3, -0.25) is 4.79 Å². The third-order valence-electron chi connectivity index (χ3n) is 2.56. The third kappa shape index (κ3) is 3.45. The van der Waals surface area contributed by atoms with E-state index in [9.17, 15) is 4.79 Å². The molecule has 0 aliphatic carbocycles. The summed E-state index contributed by atoms with van der Waals surface area (Å²) in [5, 5.41) is 0. The monoisotopic (exact) mass is 355 g/mol. The van der Waals surface area contributed by atoms with E-state index >= 15 is 0 Å². The van der Waals surface area contributed by atoms with Crippen LogP contribution in [-0.4, -0.2) is 12.5 Å². The van der Waals surface area contributed by atoms with Gasteiger partial charge in [0.1, 0.15) is 0 Å². The van der Waals surface area contributed by atoms with Crippen molar-refractivity contribution in [1.29, 1.82) is 0 Å². The van der Waals surface area contributed by atoms with Crippen LogP contribution in [0.3, 0.4) is 0 Å². The molecule has 0 saturated heterocycles. The van der Waals surface area contributed by atoms with E-state index in [2.05, 4.69) is 48.2 Å². The van der Waals surface area contributed by atoms with E-state index in [0.29, 0.717) is 6.54 Å². The number of nitrogens with zero attached hydrogens (tertiary/aromatic N) is 1. The highest BCUT2D eigenvalue weighted by molar-refractivity contribution is 14.1. The molecular formula is C15H18INO. The van der Waals surface area contributed by atoms with E-state index in [0.717, 1.165) is 14.8 Å². The van der Waals surface area contributed by atoms with E-state index in [4.69, 9.17) is 0 Å². The first kappa shape index (κ1) is 15.0. The first-order valence-corrected chi connectivity index (χ1v) is 6.91. The van der Waals surface area contributed by atoms with Crippen LogP contribution in [0.1, 0.15) is 18.1 Å². The molecule has 3 heteroatoms. The van der Waals surface area contributed by atoms with E-state index in [-0.39, 0.29) is 5.91 Å². The zero-order chi connectivity index (χ0) is 13.7. The van der Waals surface area contributed by atoms with Crippen LogP contribution in [0.2, 0.25) is 0 Å². The Labute approximate surface area is 123 Å². The Balaban J connectivity index is 3.29. The minimum atomic E-state index is -0.0118. The summed E-state index contributed by atoms with van der Waals surface area (Å²) in [5.41, 5.74) is 3.29. The Bertz CT molecular complexity index is 468. The fourth-order valence-electron chi connectivity index (χ4n) is 1.90. The van der Waals surface area contributed by atoms with E-state index < -0.39 is 0 Å². The van der Waals surface area contributed by atoms with Crippen molar-refractivity contribution in [3.63, 3.8) is 0 Å². The molecule has 1 amide bonds. The molecule has 1 rings (SSSR count). The second-order valence-electron chi connectivity index (χ2n) is 4.15.